The molecule has 0 aliphatic rings. The van der Waals surface area contributed by atoms with Gasteiger partial charge < -0.3 is 5.73 Å². The van der Waals surface area contributed by atoms with Crippen LogP contribution in [0.4, 0.5) is 5.82 Å². The third-order valence-electron chi connectivity index (χ3n) is 2.97. The Morgan fingerprint density at radius 3 is 2.63 bits per heavy atom. The molecule has 4 heteroatoms. The van der Waals surface area contributed by atoms with Crippen LogP contribution in [0, 0.1) is 11.3 Å². The van der Waals surface area contributed by atoms with E-state index in [0.29, 0.717) is 11.4 Å². The first kappa shape index (κ1) is 11.2. The van der Waals surface area contributed by atoms with Crippen molar-refractivity contribution in [2.75, 3.05) is 5.73 Å². The van der Waals surface area contributed by atoms with Crippen molar-refractivity contribution < 1.29 is 0 Å². The van der Waals surface area contributed by atoms with Gasteiger partial charge in [-0.05, 0) is 10.8 Å². The van der Waals surface area contributed by atoms with Gasteiger partial charge in [0.05, 0.1) is 6.20 Å². The van der Waals surface area contributed by atoms with Gasteiger partial charge in [-0.2, -0.15) is 5.26 Å². The zero-order chi connectivity index (χ0) is 13.2. The van der Waals surface area contributed by atoms with Crippen molar-refractivity contribution in [2.45, 2.75) is 0 Å². The highest BCUT2D eigenvalue weighted by Crippen LogP contribution is 2.26. The lowest BCUT2D eigenvalue weighted by molar-refractivity contribution is 1.17. The van der Waals surface area contributed by atoms with E-state index in [1.54, 1.807) is 0 Å². The SMILES string of the molecule is N#Cc1cnc(-c2cccc3ccccc23)nc1N. The third-order valence-corrected chi connectivity index (χ3v) is 2.97. The molecule has 3 aromatic rings. The number of hydrogen-bond donors (Lipinski definition) is 1. The Hall–Kier alpha value is -2.93. The summed E-state index contributed by atoms with van der Waals surface area (Å²) in [6.07, 6.45) is 1.46. The maximum Gasteiger partial charge on any atom is 0.162 e. The second-order valence-corrected chi connectivity index (χ2v) is 4.13. The molecule has 4 nitrogen and oxygen atoms in total. The van der Waals surface area contributed by atoms with E-state index in [-0.39, 0.29) is 5.82 Å². The molecule has 0 bridgehead atoms. The number of nitrogen functional groups attached to an aromatic ring is 1. The molecule has 0 fully saturated rings. The van der Waals surface area contributed by atoms with Crippen LogP contribution in [0.25, 0.3) is 22.2 Å². The van der Waals surface area contributed by atoms with Crippen LogP contribution in [-0.2, 0) is 0 Å². The number of nitrogens with two attached hydrogens (primary N) is 1. The van der Waals surface area contributed by atoms with E-state index >= 15 is 0 Å². The highest BCUT2D eigenvalue weighted by atomic mass is 14.9. The molecule has 19 heavy (non-hydrogen) atoms. The van der Waals surface area contributed by atoms with Crippen LogP contribution in [0.1, 0.15) is 5.56 Å². The third kappa shape index (κ3) is 1.87. The predicted octanol–water partition coefficient (Wildman–Crippen LogP) is 2.75. The van der Waals surface area contributed by atoms with E-state index in [2.05, 4.69) is 9.97 Å². The first-order valence-electron chi connectivity index (χ1n) is 5.80. The Labute approximate surface area is 110 Å². The first-order valence-corrected chi connectivity index (χ1v) is 5.80. The molecule has 0 aliphatic carbocycles. The molecule has 0 unspecified atom stereocenters. The number of rotatable bonds is 1. The number of fused-ring (bicyclic) bond motifs is 1. The number of aromatic nitrogens is 2. The average Bonchev–Trinajstić information content (AvgIpc) is 2.46. The maximum absolute atomic E-state index is 8.84. The van der Waals surface area contributed by atoms with Crippen LogP contribution in [0.15, 0.2) is 48.7 Å². The smallest absolute Gasteiger partial charge is 0.162 e. The molecule has 2 aromatic carbocycles. The number of nitriles is 1. The minimum absolute atomic E-state index is 0.209. The monoisotopic (exact) mass is 246 g/mol. The van der Waals surface area contributed by atoms with Crippen molar-refractivity contribution >= 4 is 16.6 Å². The van der Waals surface area contributed by atoms with E-state index in [4.69, 9.17) is 11.0 Å². The molecule has 0 saturated carbocycles. The molecule has 2 N–H and O–H groups in total. The zero-order valence-electron chi connectivity index (χ0n) is 10.0. The molecule has 0 radical (unpaired) electrons. The number of benzene rings is 2. The van der Waals surface area contributed by atoms with E-state index in [0.717, 1.165) is 16.3 Å². The average molecular weight is 246 g/mol. The van der Waals surface area contributed by atoms with Crippen molar-refractivity contribution in [3.63, 3.8) is 0 Å². The number of hydrogen-bond acceptors (Lipinski definition) is 4. The van der Waals surface area contributed by atoms with Gasteiger partial charge in [0.1, 0.15) is 17.5 Å². The van der Waals surface area contributed by atoms with Gasteiger partial charge in [-0.3, -0.25) is 0 Å². The lowest BCUT2D eigenvalue weighted by Gasteiger charge is -2.06. The fourth-order valence-electron chi connectivity index (χ4n) is 2.03. The summed E-state index contributed by atoms with van der Waals surface area (Å²) in [4.78, 5) is 8.43. The Bertz CT molecular complexity index is 797. The normalized spacial score (nSPS) is 10.3. The maximum atomic E-state index is 8.84. The van der Waals surface area contributed by atoms with Gasteiger partial charge in [-0.25, -0.2) is 9.97 Å². The van der Waals surface area contributed by atoms with Gasteiger partial charge in [0.2, 0.25) is 0 Å². The molecular formula is C15H10N4. The van der Waals surface area contributed by atoms with Gasteiger partial charge in [-0.15, -0.1) is 0 Å². The molecule has 90 valence electrons. The van der Waals surface area contributed by atoms with Gasteiger partial charge in [-0.1, -0.05) is 42.5 Å². The van der Waals surface area contributed by atoms with Crippen LogP contribution in [0.2, 0.25) is 0 Å². The summed E-state index contributed by atoms with van der Waals surface area (Å²) in [5.41, 5.74) is 6.95. The fraction of sp³-hybridized carbons (Fsp3) is 0. The molecule has 0 amide bonds. The van der Waals surface area contributed by atoms with Gasteiger partial charge >= 0.3 is 0 Å². The first-order chi connectivity index (χ1) is 9.29. The van der Waals surface area contributed by atoms with Crippen molar-refractivity contribution in [1.82, 2.24) is 9.97 Å². The Kier molecular flexibility index (Phi) is 2.58. The summed E-state index contributed by atoms with van der Waals surface area (Å²) >= 11 is 0. The second-order valence-electron chi connectivity index (χ2n) is 4.13. The molecule has 0 atom stereocenters. The predicted molar refractivity (Wildman–Crippen MR) is 74.1 cm³/mol. The topological polar surface area (TPSA) is 75.6 Å². The lowest BCUT2D eigenvalue weighted by Crippen LogP contribution is -1.99. The lowest BCUT2D eigenvalue weighted by atomic mass is 10.0. The summed E-state index contributed by atoms with van der Waals surface area (Å²) in [5.74, 6) is 0.744. The molecule has 0 aliphatic heterocycles. The van der Waals surface area contributed by atoms with E-state index < -0.39 is 0 Å². The number of anilines is 1. The van der Waals surface area contributed by atoms with Crippen molar-refractivity contribution in [3.8, 4) is 17.5 Å². The zero-order valence-corrected chi connectivity index (χ0v) is 10.0. The van der Waals surface area contributed by atoms with Crippen molar-refractivity contribution in [2.24, 2.45) is 0 Å². The molecule has 1 heterocycles. The van der Waals surface area contributed by atoms with Crippen LogP contribution >= 0.6 is 0 Å². The number of nitrogens with zero attached hydrogens (tertiary/aromatic N) is 3. The Morgan fingerprint density at radius 1 is 1.05 bits per heavy atom. The fourth-order valence-corrected chi connectivity index (χ4v) is 2.03. The van der Waals surface area contributed by atoms with Crippen molar-refractivity contribution in [1.29, 1.82) is 5.26 Å². The highest BCUT2D eigenvalue weighted by molar-refractivity contribution is 5.95. The molecule has 0 spiro atoms. The summed E-state index contributed by atoms with van der Waals surface area (Å²) in [5, 5.41) is 11.0. The van der Waals surface area contributed by atoms with E-state index in [1.807, 2.05) is 48.5 Å². The Morgan fingerprint density at radius 2 is 1.84 bits per heavy atom. The molecule has 0 saturated heterocycles. The largest absolute Gasteiger partial charge is 0.382 e. The summed E-state index contributed by atoms with van der Waals surface area (Å²) in [6.45, 7) is 0. The van der Waals surface area contributed by atoms with Gasteiger partial charge in [0.25, 0.3) is 0 Å². The van der Waals surface area contributed by atoms with Crippen molar-refractivity contribution in [3.05, 3.63) is 54.2 Å². The molecule has 3 rings (SSSR count). The van der Waals surface area contributed by atoms with E-state index in [1.165, 1.54) is 6.20 Å². The minimum Gasteiger partial charge on any atom is -0.382 e. The van der Waals surface area contributed by atoms with Crippen LogP contribution < -0.4 is 5.73 Å². The summed E-state index contributed by atoms with van der Waals surface area (Å²) in [7, 11) is 0. The van der Waals surface area contributed by atoms with E-state index in [9.17, 15) is 0 Å². The summed E-state index contributed by atoms with van der Waals surface area (Å²) < 4.78 is 0. The van der Waals surface area contributed by atoms with Crippen LogP contribution in [0.3, 0.4) is 0 Å². The minimum atomic E-state index is 0.209. The van der Waals surface area contributed by atoms with Gasteiger partial charge in [0.15, 0.2) is 5.82 Å². The Balaban J connectivity index is 2.25. The quantitative estimate of drug-likeness (QED) is 0.716. The van der Waals surface area contributed by atoms with Gasteiger partial charge in [0, 0.05) is 5.56 Å². The molecule has 1 aromatic heterocycles. The standard InChI is InChI=1S/C15H10N4/c16-8-11-9-18-15(19-14(11)17)13-7-3-5-10-4-1-2-6-12(10)13/h1-7,9H,(H2,17,18,19). The second kappa shape index (κ2) is 4.39. The van der Waals surface area contributed by atoms with Crippen LogP contribution in [-0.4, -0.2) is 9.97 Å². The molecular weight excluding hydrogens is 236 g/mol. The van der Waals surface area contributed by atoms with Crippen LogP contribution in [0.5, 0.6) is 0 Å². The highest BCUT2D eigenvalue weighted by Gasteiger charge is 2.08. The summed E-state index contributed by atoms with van der Waals surface area (Å²) in [6, 6.07) is 15.9.